The minimum absolute atomic E-state index is 0.260. The van der Waals surface area contributed by atoms with E-state index >= 15 is 0 Å². The molecule has 0 radical (unpaired) electrons. The summed E-state index contributed by atoms with van der Waals surface area (Å²) in [5, 5.41) is 6.73. The van der Waals surface area contributed by atoms with Gasteiger partial charge < -0.3 is 10.6 Å². The van der Waals surface area contributed by atoms with E-state index in [1.807, 2.05) is 13.1 Å². The number of nitrogens with one attached hydrogen (secondary N) is 2. The van der Waals surface area contributed by atoms with Crippen LogP contribution in [-0.2, 0) is 0 Å². The zero-order chi connectivity index (χ0) is 9.84. The van der Waals surface area contributed by atoms with Gasteiger partial charge >= 0.3 is 0 Å². The predicted molar refractivity (Wildman–Crippen MR) is 65.2 cm³/mol. The third kappa shape index (κ3) is 3.25. The highest BCUT2D eigenvalue weighted by Gasteiger charge is 2.07. The molecule has 0 saturated heterocycles. The maximum Gasteiger partial charge on any atom is 0.166 e. The topological polar surface area (TPSA) is 24.1 Å². The lowest BCUT2D eigenvalue weighted by molar-refractivity contribution is 0.723. The first-order valence-corrected chi connectivity index (χ1v) is 5.88. The molecule has 72 valence electrons. The fourth-order valence-electron chi connectivity index (χ4n) is 0.901. The quantitative estimate of drug-likeness (QED) is 0.814. The zero-order valence-corrected chi connectivity index (χ0v) is 10.6. The van der Waals surface area contributed by atoms with Crippen molar-refractivity contribution in [3.8, 4) is 0 Å². The molecule has 0 aliphatic rings. The van der Waals surface area contributed by atoms with E-state index < -0.39 is 0 Å². The predicted octanol–water partition coefficient (Wildman–Crippen LogP) is 2.67. The first-order chi connectivity index (χ1) is 6.13. The Morgan fingerprint density at radius 2 is 2.31 bits per heavy atom. The van der Waals surface area contributed by atoms with E-state index in [9.17, 15) is 0 Å². The van der Waals surface area contributed by atoms with E-state index in [1.165, 1.54) is 4.88 Å². The van der Waals surface area contributed by atoms with Gasteiger partial charge in [0.25, 0.3) is 0 Å². The van der Waals surface area contributed by atoms with Gasteiger partial charge in [0.2, 0.25) is 0 Å². The lowest BCUT2D eigenvalue weighted by Gasteiger charge is -2.13. The zero-order valence-electron chi connectivity index (χ0n) is 7.43. The lowest BCUT2D eigenvalue weighted by Crippen LogP contribution is -2.33. The molecule has 2 N–H and O–H groups in total. The monoisotopic (exact) mass is 278 g/mol. The van der Waals surface area contributed by atoms with Crippen LogP contribution < -0.4 is 10.6 Å². The Hall–Kier alpha value is -0.130. The molecule has 5 heteroatoms. The van der Waals surface area contributed by atoms with Crippen molar-refractivity contribution in [2.24, 2.45) is 0 Å². The first-order valence-electron chi connectivity index (χ1n) is 3.87. The van der Waals surface area contributed by atoms with Gasteiger partial charge in [-0.15, -0.1) is 11.3 Å². The molecule has 1 aromatic rings. The van der Waals surface area contributed by atoms with Gasteiger partial charge in [0.15, 0.2) is 5.11 Å². The molecule has 2 nitrogen and oxygen atoms in total. The summed E-state index contributed by atoms with van der Waals surface area (Å²) in [7, 11) is 1.81. The molecule has 1 aromatic heterocycles. The average molecular weight is 279 g/mol. The molecule has 1 heterocycles. The van der Waals surface area contributed by atoms with Crippen LogP contribution >= 0.6 is 39.5 Å². The van der Waals surface area contributed by atoms with Crippen LogP contribution in [0, 0.1) is 0 Å². The van der Waals surface area contributed by atoms with Crippen LogP contribution in [0.3, 0.4) is 0 Å². The number of hydrogen-bond donors (Lipinski definition) is 2. The van der Waals surface area contributed by atoms with E-state index in [4.69, 9.17) is 12.2 Å². The van der Waals surface area contributed by atoms with E-state index in [0.29, 0.717) is 5.11 Å². The number of thiophene rings is 1. The second-order valence-corrected chi connectivity index (χ2v) is 5.49. The summed E-state index contributed by atoms with van der Waals surface area (Å²) >= 11 is 10.2. The van der Waals surface area contributed by atoms with Crippen molar-refractivity contribution in [2.45, 2.75) is 13.0 Å². The van der Waals surface area contributed by atoms with Crippen molar-refractivity contribution in [2.75, 3.05) is 7.05 Å². The largest absolute Gasteiger partial charge is 0.366 e. The Bertz CT molecular complexity index is 298. The molecule has 0 spiro atoms. The van der Waals surface area contributed by atoms with Gasteiger partial charge in [0.05, 0.1) is 9.83 Å². The molecule has 0 unspecified atom stereocenters. The molecule has 0 bridgehead atoms. The van der Waals surface area contributed by atoms with Crippen LogP contribution in [0.5, 0.6) is 0 Å². The van der Waals surface area contributed by atoms with E-state index in [1.54, 1.807) is 11.3 Å². The van der Waals surface area contributed by atoms with Crippen LogP contribution in [0.1, 0.15) is 17.8 Å². The van der Waals surface area contributed by atoms with Crippen molar-refractivity contribution in [1.82, 2.24) is 10.6 Å². The molecular formula is C8H11BrN2S2. The highest BCUT2D eigenvalue weighted by atomic mass is 79.9. The van der Waals surface area contributed by atoms with Crippen molar-refractivity contribution in [3.05, 3.63) is 20.8 Å². The van der Waals surface area contributed by atoms with Crippen LogP contribution in [-0.4, -0.2) is 12.2 Å². The van der Waals surface area contributed by atoms with E-state index in [-0.39, 0.29) is 6.04 Å². The lowest BCUT2D eigenvalue weighted by atomic mass is 10.3. The Balaban J connectivity index is 2.58. The molecule has 0 fully saturated rings. The highest BCUT2D eigenvalue weighted by molar-refractivity contribution is 9.11. The molecule has 0 aromatic carbocycles. The minimum atomic E-state index is 0.260. The summed E-state index contributed by atoms with van der Waals surface area (Å²) < 4.78 is 1.14. The molecule has 0 aliphatic carbocycles. The fourth-order valence-corrected chi connectivity index (χ4v) is 2.50. The van der Waals surface area contributed by atoms with Gasteiger partial charge in [-0.05, 0) is 47.2 Å². The van der Waals surface area contributed by atoms with E-state index in [0.717, 1.165) is 3.79 Å². The highest BCUT2D eigenvalue weighted by Crippen LogP contribution is 2.26. The SMILES string of the molecule is CNC(=S)N[C@@H](C)c1ccc(Br)s1. The first kappa shape index (κ1) is 10.9. The number of hydrogen-bond acceptors (Lipinski definition) is 2. The van der Waals surface area contributed by atoms with Gasteiger partial charge in [0.1, 0.15) is 0 Å². The molecule has 0 saturated carbocycles. The van der Waals surface area contributed by atoms with Gasteiger partial charge in [0, 0.05) is 11.9 Å². The standard InChI is InChI=1S/C8H11BrN2S2/c1-5(11-8(12)10-2)6-3-4-7(9)13-6/h3-5H,1-2H3,(H2,10,11,12)/t5-/m0/s1. The van der Waals surface area contributed by atoms with E-state index in [2.05, 4.69) is 39.6 Å². The fraction of sp³-hybridized carbons (Fsp3) is 0.375. The molecule has 1 rings (SSSR count). The van der Waals surface area contributed by atoms with Crippen molar-refractivity contribution in [1.29, 1.82) is 0 Å². The van der Waals surface area contributed by atoms with Crippen molar-refractivity contribution in [3.63, 3.8) is 0 Å². The van der Waals surface area contributed by atoms with Crippen LogP contribution in [0.25, 0.3) is 0 Å². The smallest absolute Gasteiger partial charge is 0.166 e. The number of rotatable bonds is 2. The third-order valence-electron chi connectivity index (χ3n) is 1.60. The van der Waals surface area contributed by atoms with Gasteiger partial charge in [-0.25, -0.2) is 0 Å². The summed E-state index contributed by atoms with van der Waals surface area (Å²) in [6.45, 7) is 2.09. The molecule has 0 amide bonds. The summed E-state index contributed by atoms with van der Waals surface area (Å²) in [5.74, 6) is 0. The maximum absolute atomic E-state index is 5.01. The summed E-state index contributed by atoms with van der Waals surface area (Å²) in [4.78, 5) is 1.27. The van der Waals surface area contributed by atoms with Gasteiger partial charge in [-0.3, -0.25) is 0 Å². The molecule has 1 atom stereocenters. The second kappa shape index (κ2) is 4.93. The van der Waals surface area contributed by atoms with Crippen molar-refractivity contribution >= 4 is 44.6 Å². The van der Waals surface area contributed by atoms with Crippen LogP contribution in [0.2, 0.25) is 0 Å². The third-order valence-corrected chi connectivity index (χ3v) is 3.72. The summed E-state index contributed by atoms with van der Waals surface area (Å²) in [6.07, 6.45) is 0. The Labute approximate surface area is 95.9 Å². The minimum Gasteiger partial charge on any atom is -0.366 e. The second-order valence-electron chi connectivity index (χ2n) is 2.59. The summed E-state index contributed by atoms with van der Waals surface area (Å²) in [6, 6.07) is 4.39. The molecular weight excluding hydrogens is 268 g/mol. The Kier molecular flexibility index (Phi) is 4.15. The van der Waals surface area contributed by atoms with Gasteiger partial charge in [-0.1, -0.05) is 0 Å². The normalized spacial score (nSPS) is 12.2. The molecule has 13 heavy (non-hydrogen) atoms. The van der Waals surface area contributed by atoms with Crippen LogP contribution in [0.4, 0.5) is 0 Å². The number of thiocarbonyl (C=S) groups is 1. The Morgan fingerprint density at radius 3 is 2.77 bits per heavy atom. The van der Waals surface area contributed by atoms with Crippen LogP contribution in [0.15, 0.2) is 15.9 Å². The van der Waals surface area contributed by atoms with Crippen molar-refractivity contribution < 1.29 is 0 Å². The average Bonchev–Trinajstić information content (AvgIpc) is 2.51. The molecule has 0 aliphatic heterocycles. The van der Waals surface area contributed by atoms with Gasteiger partial charge in [-0.2, -0.15) is 0 Å². The summed E-state index contributed by atoms with van der Waals surface area (Å²) in [5.41, 5.74) is 0. The Morgan fingerprint density at radius 1 is 1.62 bits per heavy atom. The number of halogens is 1. The maximum atomic E-state index is 5.01.